The number of carboxylic acid groups (broad SMARTS) is 1. The number of anilines is 4. The van der Waals surface area contributed by atoms with Gasteiger partial charge in [0, 0.05) is 11.4 Å². The summed E-state index contributed by atoms with van der Waals surface area (Å²) in [6.07, 6.45) is 0. The van der Waals surface area contributed by atoms with Gasteiger partial charge in [-0.1, -0.05) is 0 Å². The van der Waals surface area contributed by atoms with Crippen molar-refractivity contribution < 1.29 is 9.90 Å². The molecule has 0 unspecified atom stereocenters. The minimum absolute atomic E-state index is 0. The second-order valence-electron chi connectivity index (χ2n) is 3.85. The molecule has 0 saturated carbocycles. The number of benzene rings is 2. The predicted molar refractivity (Wildman–Crippen MR) is 79.2 cm³/mol. The van der Waals surface area contributed by atoms with Crippen LogP contribution >= 0.6 is 12.4 Å². The lowest BCUT2D eigenvalue weighted by Crippen LogP contribution is -1.99. The van der Waals surface area contributed by atoms with Crippen LogP contribution in [-0.4, -0.2) is 11.1 Å². The van der Waals surface area contributed by atoms with Crippen LogP contribution in [0, 0.1) is 0 Å². The van der Waals surface area contributed by atoms with Crippen LogP contribution < -0.4 is 16.8 Å². The molecule has 0 aromatic heterocycles. The molecular formula is C13H14ClN3O2. The highest BCUT2D eigenvalue weighted by Crippen LogP contribution is 2.25. The highest BCUT2D eigenvalue weighted by atomic mass is 35.5. The van der Waals surface area contributed by atoms with Crippen LogP contribution in [0.15, 0.2) is 42.5 Å². The third-order valence-corrected chi connectivity index (χ3v) is 2.49. The van der Waals surface area contributed by atoms with Crippen molar-refractivity contribution in [3.05, 3.63) is 48.0 Å². The standard InChI is InChI=1S/C13H13N3O2.ClH/c14-9-3-6-12(11(15)7-9)16-10-4-1-8(2-5-10)13(17)18;/h1-7,16H,14-15H2,(H,17,18);1H. The van der Waals surface area contributed by atoms with Crippen LogP contribution in [0.3, 0.4) is 0 Å². The zero-order valence-electron chi connectivity index (χ0n) is 9.96. The van der Waals surface area contributed by atoms with Crippen molar-refractivity contribution in [2.45, 2.75) is 0 Å². The third-order valence-electron chi connectivity index (χ3n) is 2.49. The smallest absolute Gasteiger partial charge is 0.335 e. The van der Waals surface area contributed by atoms with Crippen LogP contribution in [0.5, 0.6) is 0 Å². The van der Waals surface area contributed by atoms with Crippen molar-refractivity contribution in [1.82, 2.24) is 0 Å². The fourth-order valence-corrected chi connectivity index (χ4v) is 1.55. The van der Waals surface area contributed by atoms with Crippen LogP contribution in [0.2, 0.25) is 0 Å². The molecule has 0 amide bonds. The van der Waals surface area contributed by atoms with E-state index < -0.39 is 5.97 Å². The maximum Gasteiger partial charge on any atom is 0.335 e. The minimum atomic E-state index is -0.950. The van der Waals surface area contributed by atoms with E-state index in [1.54, 1.807) is 30.3 Å². The quantitative estimate of drug-likeness (QED) is 0.647. The Balaban J connectivity index is 0.00000180. The van der Waals surface area contributed by atoms with Crippen molar-refractivity contribution in [2.75, 3.05) is 16.8 Å². The Kier molecular flexibility index (Phi) is 4.61. The molecule has 6 N–H and O–H groups in total. The Morgan fingerprint density at radius 1 is 1.05 bits per heavy atom. The molecule has 0 saturated heterocycles. The van der Waals surface area contributed by atoms with Gasteiger partial charge in [0.15, 0.2) is 0 Å². The van der Waals surface area contributed by atoms with Crippen molar-refractivity contribution >= 4 is 41.1 Å². The summed E-state index contributed by atoms with van der Waals surface area (Å²) in [5.74, 6) is -0.950. The van der Waals surface area contributed by atoms with Gasteiger partial charge in [0.25, 0.3) is 0 Å². The first-order valence-electron chi connectivity index (χ1n) is 5.31. The average Bonchev–Trinajstić information content (AvgIpc) is 2.33. The fourth-order valence-electron chi connectivity index (χ4n) is 1.55. The number of carbonyl (C=O) groups is 1. The Morgan fingerprint density at radius 2 is 1.68 bits per heavy atom. The van der Waals surface area contributed by atoms with E-state index >= 15 is 0 Å². The lowest BCUT2D eigenvalue weighted by atomic mass is 10.2. The fraction of sp³-hybridized carbons (Fsp3) is 0. The van der Waals surface area contributed by atoms with Crippen LogP contribution in [0.25, 0.3) is 0 Å². The van der Waals surface area contributed by atoms with Crippen molar-refractivity contribution in [2.24, 2.45) is 0 Å². The summed E-state index contributed by atoms with van der Waals surface area (Å²) in [5, 5.41) is 11.9. The Morgan fingerprint density at radius 3 is 2.21 bits per heavy atom. The predicted octanol–water partition coefficient (Wildman–Crippen LogP) is 2.71. The lowest BCUT2D eigenvalue weighted by molar-refractivity contribution is 0.0697. The van der Waals surface area contributed by atoms with E-state index in [9.17, 15) is 4.79 Å². The molecule has 19 heavy (non-hydrogen) atoms. The molecule has 2 aromatic rings. The van der Waals surface area contributed by atoms with Crippen LogP contribution in [0.1, 0.15) is 10.4 Å². The first-order chi connectivity index (χ1) is 8.56. The van der Waals surface area contributed by atoms with Gasteiger partial charge in [0.1, 0.15) is 0 Å². The van der Waals surface area contributed by atoms with Gasteiger partial charge in [0.05, 0.1) is 16.9 Å². The van der Waals surface area contributed by atoms with E-state index in [2.05, 4.69) is 5.32 Å². The Bertz CT molecular complexity index is 585. The number of rotatable bonds is 3. The molecule has 0 aliphatic heterocycles. The van der Waals surface area contributed by atoms with Gasteiger partial charge in [-0.25, -0.2) is 4.79 Å². The second-order valence-corrected chi connectivity index (χ2v) is 3.85. The van der Waals surface area contributed by atoms with E-state index in [0.29, 0.717) is 11.4 Å². The summed E-state index contributed by atoms with van der Waals surface area (Å²) in [6, 6.07) is 11.6. The summed E-state index contributed by atoms with van der Waals surface area (Å²) < 4.78 is 0. The lowest BCUT2D eigenvalue weighted by Gasteiger charge is -2.10. The maximum absolute atomic E-state index is 10.7. The molecule has 0 radical (unpaired) electrons. The highest BCUT2D eigenvalue weighted by Gasteiger charge is 2.03. The molecular weight excluding hydrogens is 266 g/mol. The molecule has 0 aliphatic rings. The second kappa shape index (κ2) is 5.97. The van der Waals surface area contributed by atoms with E-state index in [-0.39, 0.29) is 18.0 Å². The van der Waals surface area contributed by atoms with Gasteiger partial charge >= 0.3 is 5.97 Å². The largest absolute Gasteiger partial charge is 0.478 e. The zero-order valence-corrected chi connectivity index (χ0v) is 10.8. The summed E-state index contributed by atoms with van der Waals surface area (Å²) >= 11 is 0. The molecule has 6 heteroatoms. The number of hydrogen-bond acceptors (Lipinski definition) is 4. The van der Waals surface area contributed by atoms with Crippen molar-refractivity contribution in [1.29, 1.82) is 0 Å². The zero-order chi connectivity index (χ0) is 13.1. The van der Waals surface area contributed by atoms with Gasteiger partial charge in [-0.2, -0.15) is 0 Å². The molecule has 0 atom stereocenters. The first-order valence-corrected chi connectivity index (χ1v) is 5.31. The Hall–Kier alpha value is -2.40. The SMILES string of the molecule is Cl.Nc1ccc(Nc2ccc(C(=O)O)cc2)c(N)c1. The first kappa shape index (κ1) is 14.7. The number of aromatic carboxylic acids is 1. The summed E-state index contributed by atoms with van der Waals surface area (Å²) in [6.45, 7) is 0. The molecule has 0 bridgehead atoms. The number of nitrogen functional groups attached to an aromatic ring is 2. The molecule has 2 aromatic carbocycles. The molecule has 0 heterocycles. The summed E-state index contributed by atoms with van der Waals surface area (Å²) in [4.78, 5) is 10.7. The van der Waals surface area contributed by atoms with Gasteiger partial charge in [-0.05, 0) is 42.5 Å². The van der Waals surface area contributed by atoms with E-state index in [1.165, 1.54) is 12.1 Å². The highest BCUT2D eigenvalue weighted by molar-refractivity contribution is 5.88. The molecule has 0 spiro atoms. The van der Waals surface area contributed by atoms with E-state index in [0.717, 1.165) is 11.4 Å². The average molecular weight is 280 g/mol. The number of halogens is 1. The van der Waals surface area contributed by atoms with E-state index in [1.807, 2.05) is 0 Å². The molecule has 0 aliphatic carbocycles. The summed E-state index contributed by atoms with van der Waals surface area (Å²) in [5.41, 5.74) is 14.3. The molecule has 2 rings (SSSR count). The number of nitrogens with one attached hydrogen (secondary N) is 1. The molecule has 100 valence electrons. The minimum Gasteiger partial charge on any atom is -0.478 e. The topological polar surface area (TPSA) is 101 Å². The maximum atomic E-state index is 10.7. The normalized spacial score (nSPS) is 9.47. The van der Waals surface area contributed by atoms with E-state index in [4.69, 9.17) is 16.6 Å². The molecule has 0 fully saturated rings. The Labute approximate surface area is 116 Å². The molecule has 5 nitrogen and oxygen atoms in total. The van der Waals surface area contributed by atoms with Crippen LogP contribution in [0.4, 0.5) is 22.7 Å². The van der Waals surface area contributed by atoms with Gasteiger partial charge in [-0.15, -0.1) is 12.4 Å². The van der Waals surface area contributed by atoms with Gasteiger partial charge < -0.3 is 21.9 Å². The van der Waals surface area contributed by atoms with Crippen molar-refractivity contribution in [3.63, 3.8) is 0 Å². The van der Waals surface area contributed by atoms with Crippen molar-refractivity contribution in [3.8, 4) is 0 Å². The number of hydrogen-bond donors (Lipinski definition) is 4. The van der Waals surface area contributed by atoms with Gasteiger partial charge in [-0.3, -0.25) is 0 Å². The summed E-state index contributed by atoms with van der Waals surface area (Å²) in [7, 11) is 0. The number of nitrogens with two attached hydrogens (primary N) is 2. The third kappa shape index (κ3) is 3.53. The number of carboxylic acids is 1. The van der Waals surface area contributed by atoms with Gasteiger partial charge in [0.2, 0.25) is 0 Å². The van der Waals surface area contributed by atoms with Crippen LogP contribution in [-0.2, 0) is 0 Å². The monoisotopic (exact) mass is 279 g/mol.